The van der Waals surface area contributed by atoms with Crippen molar-refractivity contribution in [3.05, 3.63) is 29.8 Å². The monoisotopic (exact) mass is 366 g/mol. The van der Waals surface area contributed by atoms with Crippen LogP contribution in [0.4, 0.5) is 0 Å². The molecule has 8 nitrogen and oxygen atoms in total. The normalized spacial score (nSPS) is 12.8. The summed E-state index contributed by atoms with van der Waals surface area (Å²) >= 11 is 0. The van der Waals surface area contributed by atoms with Crippen LogP contribution >= 0.6 is 0 Å². The van der Waals surface area contributed by atoms with E-state index in [9.17, 15) is 24.3 Å². The molecule has 1 atom stereocenters. The fourth-order valence-electron chi connectivity index (χ4n) is 2.63. The Bertz CT molecular complexity index is 682. The number of methoxy groups -OCH3 is 2. The maximum absolute atomic E-state index is 13.0. The molecule has 0 aliphatic carbocycles. The van der Waals surface area contributed by atoms with Crippen LogP contribution in [0.15, 0.2) is 24.3 Å². The predicted octanol–water partition coefficient (Wildman–Crippen LogP) is 1.81. The minimum absolute atomic E-state index is 0.0226. The molecule has 0 aromatic heterocycles. The van der Waals surface area contributed by atoms with E-state index in [2.05, 4.69) is 0 Å². The van der Waals surface area contributed by atoms with Crippen LogP contribution in [0.2, 0.25) is 0 Å². The fourth-order valence-corrected chi connectivity index (χ4v) is 2.63. The second kappa shape index (κ2) is 9.67. The summed E-state index contributed by atoms with van der Waals surface area (Å²) in [7, 11) is 2.63. The Labute approximate surface area is 150 Å². The van der Waals surface area contributed by atoms with Gasteiger partial charge in [-0.25, -0.2) is 0 Å². The number of unbranched alkanes of at least 4 members (excludes halogenated alkanes) is 1. The van der Waals surface area contributed by atoms with Crippen molar-refractivity contribution in [2.24, 2.45) is 5.41 Å². The third-order valence-corrected chi connectivity index (χ3v) is 4.03. The number of hydrogen-bond donors (Lipinski definition) is 2. The number of rotatable bonds is 12. The number of carboxylic acid groups (broad SMARTS) is 2. The van der Waals surface area contributed by atoms with E-state index in [1.807, 2.05) is 0 Å². The van der Waals surface area contributed by atoms with Gasteiger partial charge in [-0.05, 0) is 25.0 Å². The molecule has 0 fully saturated rings. The van der Waals surface area contributed by atoms with Gasteiger partial charge in [-0.2, -0.15) is 0 Å². The number of ketones is 2. The Morgan fingerprint density at radius 1 is 1.08 bits per heavy atom. The number of carbonyl (C=O) groups excluding carboxylic acids is 2. The average molecular weight is 366 g/mol. The Morgan fingerprint density at radius 3 is 2.31 bits per heavy atom. The number of benzene rings is 1. The lowest BCUT2D eigenvalue weighted by Crippen LogP contribution is -2.48. The van der Waals surface area contributed by atoms with Gasteiger partial charge in [-0.1, -0.05) is 18.6 Å². The third-order valence-electron chi connectivity index (χ3n) is 4.03. The molecule has 0 amide bonds. The molecule has 26 heavy (non-hydrogen) atoms. The maximum atomic E-state index is 13.0. The van der Waals surface area contributed by atoms with E-state index in [0.29, 0.717) is 5.75 Å². The maximum Gasteiger partial charge on any atom is 0.325 e. The molecule has 0 bridgehead atoms. The molecule has 1 rings (SSSR count). The summed E-state index contributed by atoms with van der Waals surface area (Å²) in [4.78, 5) is 48.1. The summed E-state index contributed by atoms with van der Waals surface area (Å²) in [5, 5.41) is 18.4. The molecular weight excluding hydrogens is 344 g/mol. The molecule has 0 saturated carbocycles. The molecule has 2 N–H and O–H groups in total. The average Bonchev–Trinajstić information content (AvgIpc) is 2.61. The number of aliphatic carboxylic acids is 2. The molecule has 0 radical (unpaired) electrons. The molecule has 0 spiro atoms. The van der Waals surface area contributed by atoms with E-state index >= 15 is 0 Å². The van der Waals surface area contributed by atoms with Crippen molar-refractivity contribution in [1.29, 1.82) is 0 Å². The van der Waals surface area contributed by atoms with Crippen molar-refractivity contribution in [1.82, 2.24) is 0 Å². The SMILES string of the molecule is COCC(=O)C(CCCCC(=O)O)(C(=O)O)C(=O)c1cccc(OC)c1. The molecule has 0 saturated heterocycles. The number of hydrogen-bond acceptors (Lipinski definition) is 6. The van der Waals surface area contributed by atoms with Crippen LogP contribution in [0, 0.1) is 5.41 Å². The number of carboxylic acids is 2. The van der Waals surface area contributed by atoms with E-state index in [1.165, 1.54) is 32.4 Å². The number of carbonyl (C=O) groups is 4. The Kier molecular flexibility index (Phi) is 7.92. The van der Waals surface area contributed by atoms with Crippen molar-refractivity contribution in [2.75, 3.05) is 20.8 Å². The minimum atomic E-state index is -2.33. The molecule has 0 heterocycles. The first-order valence-electron chi connectivity index (χ1n) is 7.96. The number of Topliss-reactive ketones (excluding diaryl/α,β-unsaturated/α-hetero) is 2. The first-order chi connectivity index (χ1) is 12.3. The molecule has 1 unspecified atom stereocenters. The minimum Gasteiger partial charge on any atom is -0.497 e. The van der Waals surface area contributed by atoms with Crippen LogP contribution in [0.25, 0.3) is 0 Å². The standard InChI is InChI=1S/C18H22O8/c1-25-11-14(19)18(17(23)24,9-4-3-8-15(20)21)16(22)12-6-5-7-13(10-12)26-2/h5-7,10H,3-4,8-9,11H2,1-2H3,(H,20,21)(H,23,24). The third kappa shape index (κ3) is 4.89. The lowest BCUT2D eigenvalue weighted by atomic mass is 9.72. The first-order valence-corrected chi connectivity index (χ1v) is 7.96. The zero-order chi connectivity index (χ0) is 19.7. The van der Waals surface area contributed by atoms with Crippen molar-refractivity contribution < 1.29 is 38.9 Å². The van der Waals surface area contributed by atoms with Crippen molar-refractivity contribution >= 4 is 23.5 Å². The molecule has 1 aromatic rings. The van der Waals surface area contributed by atoms with Gasteiger partial charge in [-0.3, -0.25) is 19.2 Å². The van der Waals surface area contributed by atoms with Gasteiger partial charge < -0.3 is 19.7 Å². The predicted molar refractivity (Wildman–Crippen MR) is 90.4 cm³/mol. The van der Waals surface area contributed by atoms with E-state index in [-0.39, 0.29) is 31.2 Å². The highest BCUT2D eigenvalue weighted by Gasteiger charge is 2.52. The molecular formula is C18H22O8. The zero-order valence-corrected chi connectivity index (χ0v) is 14.7. The lowest BCUT2D eigenvalue weighted by Gasteiger charge is -2.26. The molecule has 1 aromatic carbocycles. The topological polar surface area (TPSA) is 127 Å². The van der Waals surface area contributed by atoms with Crippen LogP contribution in [0.3, 0.4) is 0 Å². The van der Waals surface area contributed by atoms with Crippen LogP contribution < -0.4 is 4.74 Å². The van der Waals surface area contributed by atoms with Gasteiger partial charge >= 0.3 is 11.9 Å². The fraction of sp³-hybridized carbons (Fsp3) is 0.444. The van der Waals surface area contributed by atoms with Crippen molar-refractivity contribution in [2.45, 2.75) is 25.7 Å². The van der Waals surface area contributed by atoms with Crippen LogP contribution in [0.1, 0.15) is 36.0 Å². The molecule has 142 valence electrons. The van der Waals surface area contributed by atoms with Crippen LogP contribution in [-0.2, 0) is 19.1 Å². The smallest absolute Gasteiger partial charge is 0.325 e. The van der Waals surface area contributed by atoms with E-state index in [1.54, 1.807) is 6.07 Å². The van der Waals surface area contributed by atoms with E-state index in [4.69, 9.17) is 14.6 Å². The van der Waals surface area contributed by atoms with Gasteiger partial charge in [0.2, 0.25) is 0 Å². The quantitative estimate of drug-likeness (QED) is 0.326. The molecule has 0 aliphatic heterocycles. The Morgan fingerprint density at radius 2 is 1.77 bits per heavy atom. The second-order valence-corrected chi connectivity index (χ2v) is 5.73. The largest absolute Gasteiger partial charge is 0.497 e. The van der Waals surface area contributed by atoms with Gasteiger partial charge in [0.15, 0.2) is 17.0 Å². The van der Waals surface area contributed by atoms with Gasteiger partial charge in [0.25, 0.3) is 0 Å². The summed E-state index contributed by atoms with van der Waals surface area (Å²) in [6.45, 7) is -0.541. The summed E-state index contributed by atoms with van der Waals surface area (Å²) in [6, 6.07) is 5.87. The van der Waals surface area contributed by atoms with Crippen molar-refractivity contribution in [3.8, 4) is 5.75 Å². The van der Waals surface area contributed by atoms with Crippen LogP contribution in [-0.4, -0.2) is 54.5 Å². The summed E-state index contributed by atoms with van der Waals surface area (Å²) in [5.41, 5.74) is -2.31. The van der Waals surface area contributed by atoms with Gasteiger partial charge in [0, 0.05) is 19.1 Å². The highest BCUT2D eigenvalue weighted by atomic mass is 16.5. The zero-order valence-electron chi connectivity index (χ0n) is 14.7. The highest BCUT2D eigenvalue weighted by Crippen LogP contribution is 2.33. The van der Waals surface area contributed by atoms with Crippen molar-refractivity contribution in [3.63, 3.8) is 0 Å². The first kappa shape index (κ1) is 21.3. The molecule has 0 aliphatic rings. The lowest BCUT2D eigenvalue weighted by molar-refractivity contribution is -0.153. The molecule has 8 heteroatoms. The van der Waals surface area contributed by atoms with E-state index < -0.39 is 35.5 Å². The Balaban J connectivity index is 3.26. The second-order valence-electron chi connectivity index (χ2n) is 5.73. The Hall–Kier alpha value is -2.74. The van der Waals surface area contributed by atoms with Crippen LogP contribution in [0.5, 0.6) is 5.75 Å². The van der Waals surface area contributed by atoms with Gasteiger partial charge in [0.1, 0.15) is 12.4 Å². The number of ether oxygens (including phenoxy) is 2. The van der Waals surface area contributed by atoms with E-state index in [0.717, 1.165) is 0 Å². The highest BCUT2D eigenvalue weighted by molar-refractivity contribution is 6.27. The summed E-state index contributed by atoms with van der Waals surface area (Å²) in [5.74, 6) is -4.02. The summed E-state index contributed by atoms with van der Waals surface area (Å²) < 4.78 is 9.79. The van der Waals surface area contributed by atoms with Gasteiger partial charge in [-0.15, -0.1) is 0 Å². The summed E-state index contributed by atoms with van der Waals surface area (Å²) in [6.07, 6.45) is -0.255. The van der Waals surface area contributed by atoms with Gasteiger partial charge in [0.05, 0.1) is 7.11 Å².